The van der Waals surface area contributed by atoms with Crippen LogP contribution in [0.4, 0.5) is 5.13 Å². The van der Waals surface area contributed by atoms with Crippen LogP contribution in [0.3, 0.4) is 0 Å². The molecule has 0 bridgehead atoms. The third kappa shape index (κ3) is 4.96. The van der Waals surface area contributed by atoms with Gasteiger partial charge in [-0.15, -0.1) is 11.3 Å². The minimum Gasteiger partial charge on any atom is -0.342 e. The first-order valence-corrected chi connectivity index (χ1v) is 11.2. The minimum atomic E-state index is -3.73. The number of halogens is 1. The zero-order valence-corrected chi connectivity index (χ0v) is 16.5. The van der Waals surface area contributed by atoms with Crippen LogP contribution in [0.1, 0.15) is 31.4 Å². The van der Waals surface area contributed by atoms with E-state index < -0.39 is 10.0 Å². The molecule has 0 atom stereocenters. The quantitative estimate of drug-likeness (QED) is 0.812. The van der Waals surface area contributed by atoms with E-state index in [4.69, 9.17) is 11.6 Å². The number of likely N-dealkylation sites (tertiary alicyclic amines) is 1. The van der Waals surface area contributed by atoms with Crippen molar-refractivity contribution in [3.63, 3.8) is 0 Å². The Morgan fingerprint density at radius 1 is 1.15 bits per heavy atom. The summed E-state index contributed by atoms with van der Waals surface area (Å²) in [5.41, 5.74) is 0.582. The molecule has 0 saturated carbocycles. The van der Waals surface area contributed by atoms with E-state index in [1.807, 2.05) is 4.90 Å². The molecule has 2 heterocycles. The molecule has 1 fully saturated rings. The number of carbonyl (C=O) groups is 1. The molecule has 1 aliphatic rings. The van der Waals surface area contributed by atoms with Gasteiger partial charge >= 0.3 is 0 Å². The van der Waals surface area contributed by atoms with E-state index in [0.717, 1.165) is 38.8 Å². The summed E-state index contributed by atoms with van der Waals surface area (Å²) in [6, 6.07) is 5.90. The van der Waals surface area contributed by atoms with Crippen molar-refractivity contribution < 1.29 is 13.2 Å². The second kappa shape index (κ2) is 8.37. The lowest BCUT2D eigenvalue weighted by molar-refractivity contribution is -0.130. The largest absolute Gasteiger partial charge is 0.342 e. The van der Waals surface area contributed by atoms with E-state index in [1.54, 1.807) is 5.38 Å². The molecule has 0 aliphatic carbocycles. The maximum Gasteiger partial charge on any atom is 0.263 e. The van der Waals surface area contributed by atoms with Crippen LogP contribution >= 0.6 is 22.9 Å². The van der Waals surface area contributed by atoms with Gasteiger partial charge in [-0.05, 0) is 37.1 Å². The number of benzene rings is 1. The summed E-state index contributed by atoms with van der Waals surface area (Å²) in [6.45, 7) is 1.58. The van der Waals surface area contributed by atoms with Gasteiger partial charge in [0.25, 0.3) is 10.0 Å². The number of hydrogen-bond acceptors (Lipinski definition) is 5. The van der Waals surface area contributed by atoms with E-state index in [0.29, 0.717) is 10.7 Å². The lowest BCUT2D eigenvalue weighted by Gasteiger charge is -2.19. The van der Waals surface area contributed by atoms with Crippen molar-refractivity contribution in [1.29, 1.82) is 0 Å². The van der Waals surface area contributed by atoms with E-state index in [1.165, 1.54) is 35.6 Å². The highest BCUT2D eigenvalue weighted by Gasteiger charge is 2.19. The third-order valence-corrected chi connectivity index (χ3v) is 6.73. The highest BCUT2D eigenvalue weighted by molar-refractivity contribution is 7.93. The fourth-order valence-corrected chi connectivity index (χ4v) is 4.90. The van der Waals surface area contributed by atoms with Crippen molar-refractivity contribution in [1.82, 2.24) is 9.88 Å². The predicted molar refractivity (Wildman–Crippen MR) is 103 cm³/mol. The van der Waals surface area contributed by atoms with Crippen LogP contribution in [0.25, 0.3) is 0 Å². The van der Waals surface area contributed by atoms with E-state index >= 15 is 0 Å². The van der Waals surface area contributed by atoms with Gasteiger partial charge in [0.2, 0.25) is 5.91 Å². The highest BCUT2D eigenvalue weighted by atomic mass is 35.5. The first-order chi connectivity index (χ1) is 12.4. The molecule has 0 unspecified atom stereocenters. The molecule has 140 valence electrons. The molecule has 1 N–H and O–H groups in total. The Morgan fingerprint density at radius 2 is 1.81 bits per heavy atom. The molecule has 9 heteroatoms. The SMILES string of the molecule is O=C(Cc1csc(NS(=O)(=O)c2ccc(Cl)cc2)n1)N1CCCCCC1. The molecule has 1 amide bonds. The maximum atomic E-state index is 12.4. The number of carbonyl (C=O) groups excluding carboxylic acids is 1. The second-order valence-corrected chi connectivity index (χ2v) is 9.15. The van der Waals surface area contributed by atoms with Crippen LogP contribution in [0.2, 0.25) is 5.02 Å². The number of rotatable bonds is 5. The molecule has 1 aliphatic heterocycles. The molecule has 0 radical (unpaired) electrons. The Labute approximate surface area is 162 Å². The maximum absolute atomic E-state index is 12.4. The lowest BCUT2D eigenvalue weighted by atomic mass is 10.2. The van der Waals surface area contributed by atoms with Gasteiger partial charge < -0.3 is 4.90 Å². The summed E-state index contributed by atoms with van der Waals surface area (Å²) in [5, 5.41) is 2.43. The van der Waals surface area contributed by atoms with Gasteiger partial charge in [-0.3, -0.25) is 9.52 Å². The summed E-state index contributed by atoms with van der Waals surface area (Å²) in [5.74, 6) is 0.0457. The number of sulfonamides is 1. The number of thiazole rings is 1. The van der Waals surface area contributed by atoms with Crippen LogP contribution in [-0.2, 0) is 21.2 Å². The van der Waals surface area contributed by atoms with Gasteiger partial charge in [0.15, 0.2) is 5.13 Å². The molecule has 1 saturated heterocycles. The Morgan fingerprint density at radius 3 is 2.46 bits per heavy atom. The summed E-state index contributed by atoms with van der Waals surface area (Å²) >= 11 is 6.96. The summed E-state index contributed by atoms with van der Waals surface area (Å²) < 4.78 is 27.2. The fraction of sp³-hybridized carbons (Fsp3) is 0.412. The lowest BCUT2D eigenvalue weighted by Crippen LogP contribution is -2.33. The van der Waals surface area contributed by atoms with Crippen molar-refractivity contribution in [2.45, 2.75) is 37.0 Å². The van der Waals surface area contributed by atoms with Gasteiger partial charge in [0.1, 0.15) is 0 Å². The van der Waals surface area contributed by atoms with Crippen LogP contribution in [0.15, 0.2) is 34.5 Å². The number of hydrogen-bond donors (Lipinski definition) is 1. The number of anilines is 1. The van der Waals surface area contributed by atoms with Crippen LogP contribution in [0.5, 0.6) is 0 Å². The van der Waals surface area contributed by atoms with Crippen molar-refractivity contribution in [2.24, 2.45) is 0 Å². The Kier molecular flexibility index (Phi) is 6.16. The predicted octanol–water partition coefficient (Wildman–Crippen LogP) is 3.54. The Bertz CT molecular complexity index is 858. The number of amides is 1. The Hall–Kier alpha value is -1.64. The third-order valence-electron chi connectivity index (χ3n) is 4.19. The van der Waals surface area contributed by atoms with Gasteiger partial charge in [0.05, 0.1) is 17.0 Å². The van der Waals surface area contributed by atoms with Gasteiger partial charge in [-0.1, -0.05) is 24.4 Å². The zero-order chi connectivity index (χ0) is 18.6. The zero-order valence-electron chi connectivity index (χ0n) is 14.2. The molecule has 3 rings (SSSR count). The van der Waals surface area contributed by atoms with Crippen LogP contribution in [0, 0.1) is 0 Å². The van der Waals surface area contributed by atoms with Crippen molar-refractivity contribution in [3.8, 4) is 0 Å². The van der Waals surface area contributed by atoms with E-state index in [-0.39, 0.29) is 22.4 Å². The molecular formula is C17H20ClN3O3S2. The molecule has 2 aromatic rings. The number of nitrogens with zero attached hydrogens (tertiary/aromatic N) is 2. The number of nitrogens with one attached hydrogen (secondary N) is 1. The number of aromatic nitrogens is 1. The van der Waals surface area contributed by atoms with Gasteiger partial charge in [-0.25, -0.2) is 13.4 Å². The Balaban J connectivity index is 1.64. The average Bonchev–Trinajstić information content (AvgIpc) is 2.85. The van der Waals surface area contributed by atoms with Crippen molar-refractivity contribution >= 4 is 44.0 Å². The fourth-order valence-electron chi connectivity index (χ4n) is 2.81. The highest BCUT2D eigenvalue weighted by Crippen LogP contribution is 2.22. The topological polar surface area (TPSA) is 79.4 Å². The van der Waals surface area contributed by atoms with Gasteiger partial charge in [-0.2, -0.15) is 0 Å². The summed E-state index contributed by atoms with van der Waals surface area (Å²) in [4.78, 5) is 18.6. The first kappa shape index (κ1) is 19.1. The molecule has 1 aromatic carbocycles. The second-order valence-electron chi connectivity index (χ2n) is 6.18. The van der Waals surface area contributed by atoms with E-state index in [9.17, 15) is 13.2 Å². The average molecular weight is 414 g/mol. The van der Waals surface area contributed by atoms with Crippen LogP contribution < -0.4 is 4.72 Å². The first-order valence-electron chi connectivity index (χ1n) is 8.44. The van der Waals surface area contributed by atoms with Crippen LogP contribution in [-0.4, -0.2) is 37.3 Å². The minimum absolute atomic E-state index is 0.0457. The molecular weight excluding hydrogens is 394 g/mol. The normalized spacial score (nSPS) is 15.5. The van der Waals surface area contributed by atoms with Gasteiger partial charge in [0, 0.05) is 23.5 Å². The van der Waals surface area contributed by atoms with E-state index in [2.05, 4.69) is 9.71 Å². The molecule has 26 heavy (non-hydrogen) atoms. The summed E-state index contributed by atoms with van der Waals surface area (Å²) in [7, 11) is -3.73. The molecule has 6 nitrogen and oxygen atoms in total. The van der Waals surface area contributed by atoms with Crippen molar-refractivity contribution in [3.05, 3.63) is 40.4 Å². The molecule has 1 aromatic heterocycles. The van der Waals surface area contributed by atoms with Crippen molar-refractivity contribution in [2.75, 3.05) is 17.8 Å². The molecule has 0 spiro atoms. The standard InChI is InChI=1S/C17H20ClN3O3S2/c18-13-5-7-15(8-6-13)26(23,24)20-17-19-14(12-25-17)11-16(22)21-9-3-1-2-4-10-21/h5-8,12H,1-4,9-11H2,(H,19,20). The monoisotopic (exact) mass is 413 g/mol. The summed E-state index contributed by atoms with van der Waals surface area (Å²) in [6.07, 6.45) is 4.59. The smallest absolute Gasteiger partial charge is 0.263 e.